The van der Waals surface area contributed by atoms with Crippen LogP contribution in [0.3, 0.4) is 0 Å². The molecule has 7 heteroatoms. The van der Waals surface area contributed by atoms with Crippen LogP contribution < -0.4 is 5.32 Å². The van der Waals surface area contributed by atoms with Crippen molar-refractivity contribution in [1.82, 2.24) is 30.3 Å². The number of fused-ring (bicyclic) bond motifs is 2. The maximum atomic E-state index is 14.5. The molecule has 0 unspecified atom stereocenters. The molecule has 1 N–H and O–H groups in total. The number of benzene rings is 2. The third-order valence-corrected chi connectivity index (χ3v) is 5.27. The SMILES string of the molecule is CCNCc1ccc(-c2ccc3nnn(Cc4ccc5ncccc5c4)c3n2)cc1F. The van der Waals surface area contributed by atoms with E-state index in [-0.39, 0.29) is 5.82 Å². The Bertz CT molecular complexity index is 1380. The third-order valence-electron chi connectivity index (χ3n) is 5.27. The highest BCUT2D eigenvalue weighted by molar-refractivity contribution is 5.79. The number of hydrogen-bond donors (Lipinski definition) is 1. The highest BCUT2D eigenvalue weighted by Gasteiger charge is 2.11. The molecule has 0 saturated heterocycles. The molecule has 154 valence electrons. The number of rotatable bonds is 6. The van der Waals surface area contributed by atoms with Crippen molar-refractivity contribution in [3.05, 3.63) is 83.8 Å². The van der Waals surface area contributed by atoms with Crippen molar-refractivity contribution in [2.45, 2.75) is 20.0 Å². The first kappa shape index (κ1) is 19.3. The van der Waals surface area contributed by atoms with Crippen LogP contribution in [0.25, 0.3) is 33.3 Å². The Balaban J connectivity index is 1.47. The molecule has 0 saturated carbocycles. The lowest BCUT2D eigenvalue weighted by Gasteiger charge is -2.08. The summed E-state index contributed by atoms with van der Waals surface area (Å²) in [5.41, 5.74) is 5.46. The highest BCUT2D eigenvalue weighted by Crippen LogP contribution is 2.23. The maximum Gasteiger partial charge on any atom is 0.179 e. The van der Waals surface area contributed by atoms with E-state index in [2.05, 4.69) is 26.7 Å². The maximum absolute atomic E-state index is 14.5. The van der Waals surface area contributed by atoms with Crippen LogP contribution in [0, 0.1) is 5.82 Å². The van der Waals surface area contributed by atoms with E-state index >= 15 is 0 Å². The van der Waals surface area contributed by atoms with E-state index in [1.165, 1.54) is 6.07 Å². The summed E-state index contributed by atoms with van der Waals surface area (Å²) in [4.78, 5) is 9.10. The Morgan fingerprint density at radius 2 is 1.90 bits per heavy atom. The molecule has 0 radical (unpaired) electrons. The van der Waals surface area contributed by atoms with Gasteiger partial charge < -0.3 is 5.32 Å². The fourth-order valence-corrected chi connectivity index (χ4v) is 3.63. The highest BCUT2D eigenvalue weighted by atomic mass is 19.1. The first-order valence-electron chi connectivity index (χ1n) is 10.2. The summed E-state index contributed by atoms with van der Waals surface area (Å²) >= 11 is 0. The minimum atomic E-state index is -0.239. The van der Waals surface area contributed by atoms with Crippen LogP contribution in [0.4, 0.5) is 4.39 Å². The lowest BCUT2D eigenvalue weighted by atomic mass is 10.1. The van der Waals surface area contributed by atoms with Crippen molar-refractivity contribution in [2.75, 3.05) is 6.54 Å². The molecule has 0 spiro atoms. The van der Waals surface area contributed by atoms with Crippen LogP contribution in [0.5, 0.6) is 0 Å². The van der Waals surface area contributed by atoms with Gasteiger partial charge in [0.25, 0.3) is 0 Å². The van der Waals surface area contributed by atoms with E-state index < -0.39 is 0 Å². The van der Waals surface area contributed by atoms with Gasteiger partial charge in [-0.2, -0.15) is 0 Å². The third kappa shape index (κ3) is 3.87. The summed E-state index contributed by atoms with van der Waals surface area (Å²) in [7, 11) is 0. The second-order valence-electron chi connectivity index (χ2n) is 7.40. The van der Waals surface area contributed by atoms with Gasteiger partial charge in [0.1, 0.15) is 11.3 Å². The molecule has 2 aromatic carbocycles. The molecular weight excluding hydrogens is 391 g/mol. The van der Waals surface area contributed by atoms with Crippen molar-refractivity contribution in [1.29, 1.82) is 0 Å². The fraction of sp³-hybridized carbons (Fsp3) is 0.167. The van der Waals surface area contributed by atoms with Crippen LogP contribution >= 0.6 is 0 Å². The summed E-state index contributed by atoms with van der Waals surface area (Å²) in [5.74, 6) is -0.239. The average molecular weight is 412 g/mol. The second-order valence-corrected chi connectivity index (χ2v) is 7.40. The Morgan fingerprint density at radius 1 is 1.00 bits per heavy atom. The number of hydrogen-bond acceptors (Lipinski definition) is 5. The lowest BCUT2D eigenvalue weighted by molar-refractivity contribution is 0.594. The molecule has 31 heavy (non-hydrogen) atoms. The Labute approximate surface area is 178 Å². The Hall–Kier alpha value is -3.71. The molecule has 5 rings (SSSR count). The van der Waals surface area contributed by atoms with Gasteiger partial charge in [0, 0.05) is 29.3 Å². The summed E-state index contributed by atoms with van der Waals surface area (Å²) in [6, 6.07) is 19.0. The first-order valence-corrected chi connectivity index (χ1v) is 10.2. The first-order chi connectivity index (χ1) is 15.2. The van der Waals surface area contributed by atoms with E-state index in [1.807, 2.05) is 49.4 Å². The molecule has 0 bridgehead atoms. The van der Waals surface area contributed by atoms with Gasteiger partial charge in [0.15, 0.2) is 5.65 Å². The predicted octanol–water partition coefficient (Wildman–Crippen LogP) is 4.34. The van der Waals surface area contributed by atoms with Crippen molar-refractivity contribution in [3.8, 4) is 11.3 Å². The van der Waals surface area contributed by atoms with Crippen molar-refractivity contribution in [2.24, 2.45) is 0 Å². The van der Waals surface area contributed by atoms with Gasteiger partial charge in [-0.25, -0.2) is 14.1 Å². The molecular formula is C24H21FN6. The van der Waals surface area contributed by atoms with Crippen molar-refractivity contribution >= 4 is 22.1 Å². The van der Waals surface area contributed by atoms with Crippen LogP contribution in [0.2, 0.25) is 0 Å². The summed E-state index contributed by atoms with van der Waals surface area (Å²) in [5, 5.41) is 12.7. The summed E-state index contributed by atoms with van der Waals surface area (Å²) in [6.07, 6.45) is 1.79. The molecule has 0 aliphatic rings. The number of aromatic nitrogens is 5. The van der Waals surface area contributed by atoms with Crippen molar-refractivity contribution < 1.29 is 4.39 Å². The quantitative estimate of drug-likeness (QED) is 0.449. The summed E-state index contributed by atoms with van der Waals surface area (Å²) in [6.45, 7) is 3.84. The van der Waals surface area contributed by atoms with E-state index in [0.717, 1.165) is 28.6 Å². The minimum absolute atomic E-state index is 0.239. The van der Waals surface area contributed by atoms with Gasteiger partial charge in [-0.3, -0.25) is 4.98 Å². The molecule has 0 aliphatic carbocycles. The number of halogens is 1. The van der Waals surface area contributed by atoms with Gasteiger partial charge in [0.05, 0.1) is 17.8 Å². The smallest absolute Gasteiger partial charge is 0.179 e. The zero-order valence-corrected chi connectivity index (χ0v) is 17.1. The minimum Gasteiger partial charge on any atom is -0.313 e. The molecule has 0 aliphatic heterocycles. The van der Waals surface area contributed by atoms with Gasteiger partial charge in [-0.1, -0.05) is 36.4 Å². The van der Waals surface area contributed by atoms with E-state index in [4.69, 9.17) is 4.98 Å². The average Bonchev–Trinajstić information content (AvgIpc) is 3.20. The lowest BCUT2D eigenvalue weighted by Crippen LogP contribution is -2.12. The molecule has 0 fully saturated rings. The number of pyridine rings is 2. The summed E-state index contributed by atoms with van der Waals surface area (Å²) < 4.78 is 16.3. The van der Waals surface area contributed by atoms with Crippen LogP contribution in [0.15, 0.2) is 66.9 Å². The second kappa shape index (κ2) is 8.20. The number of nitrogens with zero attached hydrogens (tertiary/aromatic N) is 5. The van der Waals surface area contributed by atoms with Crippen molar-refractivity contribution in [3.63, 3.8) is 0 Å². The van der Waals surface area contributed by atoms with Crippen LogP contribution in [0.1, 0.15) is 18.1 Å². The Kier molecular flexibility index (Phi) is 5.09. The molecule has 0 amide bonds. The van der Waals surface area contributed by atoms with Crippen LogP contribution in [-0.2, 0) is 13.1 Å². The van der Waals surface area contributed by atoms with Gasteiger partial charge >= 0.3 is 0 Å². The molecule has 3 heterocycles. The van der Waals surface area contributed by atoms with Gasteiger partial charge in [-0.15, -0.1) is 5.10 Å². The largest absolute Gasteiger partial charge is 0.313 e. The molecule has 0 atom stereocenters. The van der Waals surface area contributed by atoms with Gasteiger partial charge in [0.2, 0.25) is 0 Å². The van der Waals surface area contributed by atoms with E-state index in [1.54, 1.807) is 16.9 Å². The topological polar surface area (TPSA) is 68.5 Å². The standard InChI is InChI=1S/C24H21FN6/c1-2-26-14-19-7-6-18(13-20(19)25)22-9-10-23-24(28-22)31(30-29-23)15-16-5-8-21-17(12-16)4-3-11-27-21/h3-13,26H,2,14-15H2,1H3. The molecule has 5 aromatic rings. The zero-order valence-electron chi connectivity index (χ0n) is 17.1. The Morgan fingerprint density at radius 3 is 2.77 bits per heavy atom. The molecule has 6 nitrogen and oxygen atoms in total. The van der Waals surface area contributed by atoms with Crippen LogP contribution in [-0.4, -0.2) is 31.5 Å². The van der Waals surface area contributed by atoms with E-state index in [9.17, 15) is 4.39 Å². The predicted molar refractivity (Wildman–Crippen MR) is 119 cm³/mol. The number of nitrogens with one attached hydrogen (secondary N) is 1. The van der Waals surface area contributed by atoms with E-state index in [0.29, 0.717) is 35.5 Å². The fourth-order valence-electron chi connectivity index (χ4n) is 3.63. The van der Waals surface area contributed by atoms with Gasteiger partial charge in [-0.05, 0) is 48.5 Å². The monoisotopic (exact) mass is 412 g/mol. The molecule has 3 aromatic heterocycles. The normalized spacial score (nSPS) is 11.4. The zero-order chi connectivity index (χ0) is 21.2.